The van der Waals surface area contributed by atoms with Crippen molar-refractivity contribution in [2.45, 2.75) is 472 Å². The van der Waals surface area contributed by atoms with Gasteiger partial charge in [0.2, 0.25) is 0 Å². The number of aliphatic hydroxyl groups is 1. The Bertz CT molecular complexity index is 2060. The predicted molar refractivity (Wildman–Crippen MR) is 437 cm³/mol. The molecule has 630 valence electrons. The van der Waals surface area contributed by atoms with Crippen LogP contribution in [0, 0.1) is 23.7 Å². The van der Waals surface area contributed by atoms with Crippen LogP contribution in [0.3, 0.4) is 0 Å². The molecule has 0 rings (SSSR count). The molecule has 3 N–H and O–H groups in total. The Morgan fingerprint density at radius 3 is 0.670 bits per heavy atom. The molecule has 0 spiro atoms. The summed E-state index contributed by atoms with van der Waals surface area (Å²) in [5, 5.41) is 10.7. The smallest absolute Gasteiger partial charge is 0.462 e. The Hall–Kier alpha value is -1.94. The van der Waals surface area contributed by atoms with Crippen molar-refractivity contribution >= 4 is 39.5 Å². The minimum atomic E-state index is -4.97. The van der Waals surface area contributed by atoms with Crippen molar-refractivity contribution in [1.82, 2.24) is 0 Å². The molecule has 0 saturated carbocycles. The first-order valence-corrected chi connectivity index (χ1v) is 47.8. The molecule has 0 saturated heterocycles. The van der Waals surface area contributed by atoms with Gasteiger partial charge in [0.15, 0.2) is 12.2 Å². The molecular weight excluding hydrogens is 1380 g/mol. The van der Waals surface area contributed by atoms with Crippen molar-refractivity contribution in [2.24, 2.45) is 23.7 Å². The van der Waals surface area contributed by atoms with Crippen molar-refractivity contribution in [2.75, 3.05) is 39.6 Å². The summed E-state index contributed by atoms with van der Waals surface area (Å²) in [6.45, 7) is 14.4. The van der Waals surface area contributed by atoms with Gasteiger partial charge in [-0.15, -0.1) is 0 Å². The van der Waals surface area contributed by atoms with E-state index >= 15 is 0 Å². The number of ether oxygens (including phenoxy) is 4. The molecule has 106 heavy (non-hydrogen) atoms. The van der Waals surface area contributed by atoms with E-state index in [1.807, 2.05) is 0 Å². The number of phosphoric acid groups is 2. The third kappa shape index (κ3) is 77.4. The van der Waals surface area contributed by atoms with E-state index in [0.29, 0.717) is 25.7 Å². The largest absolute Gasteiger partial charge is 0.472 e. The third-order valence-electron chi connectivity index (χ3n) is 21.0. The monoisotopic (exact) mass is 1550 g/mol. The van der Waals surface area contributed by atoms with Crippen molar-refractivity contribution < 1.29 is 80.2 Å². The highest BCUT2D eigenvalue weighted by molar-refractivity contribution is 7.47. The van der Waals surface area contributed by atoms with Crippen LogP contribution in [0.5, 0.6) is 0 Å². The topological polar surface area (TPSA) is 237 Å². The molecule has 0 aliphatic rings. The zero-order chi connectivity index (χ0) is 78.1. The Morgan fingerprint density at radius 2 is 0.453 bits per heavy atom. The van der Waals surface area contributed by atoms with Crippen molar-refractivity contribution in [3.05, 3.63) is 0 Å². The molecule has 0 bridgehead atoms. The molecule has 0 radical (unpaired) electrons. The van der Waals surface area contributed by atoms with E-state index in [1.54, 1.807) is 0 Å². The maximum atomic E-state index is 13.2. The van der Waals surface area contributed by atoms with Crippen molar-refractivity contribution in [3.8, 4) is 0 Å². The normalized spacial score (nSPS) is 14.4. The van der Waals surface area contributed by atoms with Gasteiger partial charge in [-0.3, -0.25) is 37.3 Å². The van der Waals surface area contributed by atoms with Gasteiger partial charge in [0, 0.05) is 25.7 Å². The fraction of sp³-hybridized carbons (Fsp3) is 0.954. The van der Waals surface area contributed by atoms with Crippen LogP contribution in [0.2, 0.25) is 0 Å². The number of carbonyl (C=O) groups is 4. The van der Waals surface area contributed by atoms with E-state index in [1.165, 1.54) is 257 Å². The van der Waals surface area contributed by atoms with Crippen molar-refractivity contribution in [1.29, 1.82) is 0 Å². The summed E-state index contributed by atoms with van der Waals surface area (Å²) in [6.07, 6.45) is 65.2. The van der Waals surface area contributed by atoms with Gasteiger partial charge in [-0.1, -0.05) is 402 Å². The van der Waals surface area contributed by atoms with Gasteiger partial charge < -0.3 is 33.8 Å². The lowest BCUT2D eigenvalue weighted by Gasteiger charge is -2.21. The lowest BCUT2D eigenvalue weighted by Crippen LogP contribution is -2.30. The van der Waals surface area contributed by atoms with Gasteiger partial charge in [-0.05, 0) is 49.4 Å². The van der Waals surface area contributed by atoms with Crippen LogP contribution in [0.15, 0.2) is 0 Å². The Balaban J connectivity index is 5.24. The zero-order valence-corrected chi connectivity index (χ0v) is 71.9. The van der Waals surface area contributed by atoms with Crippen LogP contribution in [0.4, 0.5) is 0 Å². The first-order chi connectivity index (χ1) is 51.2. The number of hydrogen-bond donors (Lipinski definition) is 3. The molecule has 0 aliphatic carbocycles. The van der Waals surface area contributed by atoms with Gasteiger partial charge in [-0.2, -0.15) is 0 Å². The molecule has 0 heterocycles. The average molecular weight is 1550 g/mol. The summed E-state index contributed by atoms with van der Waals surface area (Å²) in [4.78, 5) is 73.2. The summed E-state index contributed by atoms with van der Waals surface area (Å²) in [6, 6.07) is 0. The Kier molecular flexibility index (Phi) is 74.3. The second-order valence-electron chi connectivity index (χ2n) is 32.7. The van der Waals surface area contributed by atoms with E-state index in [4.69, 9.17) is 37.0 Å². The summed E-state index contributed by atoms with van der Waals surface area (Å²) in [7, 11) is -9.93. The van der Waals surface area contributed by atoms with Crippen LogP contribution < -0.4 is 0 Å². The fourth-order valence-corrected chi connectivity index (χ4v) is 15.0. The highest BCUT2D eigenvalue weighted by atomic mass is 31.2. The predicted octanol–water partition coefficient (Wildman–Crippen LogP) is 26.3. The molecule has 7 atom stereocenters. The molecule has 0 fully saturated rings. The van der Waals surface area contributed by atoms with Gasteiger partial charge in [0.1, 0.15) is 19.3 Å². The maximum Gasteiger partial charge on any atom is 0.472 e. The zero-order valence-electron chi connectivity index (χ0n) is 70.1. The first-order valence-electron chi connectivity index (χ1n) is 44.8. The number of esters is 4. The number of phosphoric ester groups is 2. The second-order valence-corrected chi connectivity index (χ2v) is 35.6. The van der Waals surface area contributed by atoms with E-state index in [9.17, 15) is 43.2 Å². The van der Waals surface area contributed by atoms with Gasteiger partial charge in [-0.25, -0.2) is 9.13 Å². The highest BCUT2D eigenvalue weighted by Gasteiger charge is 2.31. The minimum absolute atomic E-state index is 0.106. The molecule has 0 aromatic rings. The lowest BCUT2D eigenvalue weighted by molar-refractivity contribution is -0.161. The molecule has 4 unspecified atom stereocenters. The van der Waals surface area contributed by atoms with Crippen molar-refractivity contribution in [3.63, 3.8) is 0 Å². The first kappa shape index (κ1) is 104. The maximum absolute atomic E-state index is 13.2. The summed E-state index contributed by atoms with van der Waals surface area (Å²) >= 11 is 0. The molecule has 19 heteroatoms. The molecule has 0 aromatic heterocycles. The van der Waals surface area contributed by atoms with Gasteiger partial charge in [0.25, 0.3) is 0 Å². The van der Waals surface area contributed by atoms with E-state index < -0.39 is 97.5 Å². The number of carbonyl (C=O) groups excluding carboxylic acids is 4. The fourth-order valence-electron chi connectivity index (χ4n) is 13.4. The number of aliphatic hydroxyl groups excluding tert-OH is 1. The van der Waals surface area contributed by atoms with Gasteiger partial charge in [0.05, 0.1) is 26.4 Å². The van der Waals surface area contributed by atoms with Crippen LogP contribution in [0.1, 0.15) is 453 Å². The van der Waals surface area contributed by atoms with Crippen LogP contribution >= 0.6 is 15.6 Å². The molecular formula is C87H170O17P2. The van der Waals surface area contributed by atoms with E-state index in [-0.39, 0.29) is 25.7 Å². The molecule has 0 aromatic carbocycles. The Labute approximate surface area is 651 Å². The Morgan fingerprint density at radius 1 is 0.264 bits per heavy atom. The van der Waals surface area contributed by atoms with Crippen LogP contribution in [-0.4, -0.2) is 96.7 Å². The number of unbranched alkanes of at least 4 members (excludes halogenated alkanes) is 48. The third-order valence-corrected chi connectivity index (χ3v) is 22.9. The van der Waals surface area contributed by atoms with Crippen LogP contribution in [0.25, 0.3) is 0 Å². The minimum Gasteiger partial charge on any atom is -0.462 e. The van der Waals surface area contributed by atoms with E-state index in [2.05, 4.69) is 55.4 Å². The molecule has 0 amide bonds. The van der Waals surface area contributed by atoms with E-state index in [0.717, 1.165) is 114 Å². The second kappa shape index (κ2) is 75.7. The standard InChI is InChI=1S/C87H170O17P2/c1-9-79(7)65-57-49-41-32-26-22-18-13-11-12-14-20-24-28-35-45-53-61-69-86(91)103-82(73-97-84(89)67-59-51-43-34-27-23-19-16-15-17-21-25-31-39-47-55-63-77(3)4)75-101-105(93,94)99-71-81(88)72-100-106(95,96)102-76-83(74-98-85(90)68-60-52-44-38-37-40-48-56-64-78(5)6)104-87(92)70-62-54-46-36-30-29-33-42-50-58-66-80(8)10-2/h77-83,88H,9-76H2,1-8H3,(H,93,94)(H,95,96)/t79?,80?,81-,82-,83-/m1/s1. The summed E-state index contributed by atoms with van der Waals surface area (Å²) in [5.74, 6) is 1.11. The summed E-state index contributed by atoms with van der Waals surface area (Å²) < 4.78 is 68.9. The number of hydrogen-bond acceptors (Lipinski definition) is 15. The summed E-state index contributed by atoms with van der Waals surface area (Å²) in [5.41, 5.74) is 0. The SMILES string of the molecule is CCC(C)CCCCCCCCCCCCCCCCCCCCC(=O)O[C@H](COC(=O)CCCCCCCCCCCCCCCCCCC(C)C)COP(=O)(O)OC[C@@H](O)COP(=O)(O)OC[C@@H](COC(=O)CCCCCCCCCCC(C)C)OC(=O)CCCCCCCCCCCCC(C)CC. The number of rotatable bonds is 84. The van der Waals surface area contributed by atoms with Crippen LogP contribution in [-0.2, 0) is 65.4 Å². The quantitative estimate of drug-likeness (QED) is 0.0222. The lowest BCUT2D eigenvalue weighted by atomic mass is 9.99. The highest BCUT2D eigenvalue weighted by Crippen LogP contribution is 2.45. The molecule has 0 aliphatic heterocycles. The van der Waals surface area contributed by atoms with Gasteiger partial charge >= 0.3 is 39.5 Å². The molecule has 17 nitrogen and oxygen atoms in total. The average Bonchev–Trinajstić information content (AvgIpc) is 0.901.